The Hall–Kier alpha value is -3.89. The van der Waals surface area contributed by atoms with Gasteiger partial charge in [0.15, 0.2) is 0 Å². The molecular formula is C26H21BrN2O4. The zero-order valence-electron chi connectivity index (χ0n) is 17.9. The van der Waals surface area contributed by atoms with Crippen LogP contribution < -0.4 is 10.1 Å². The Morgan fingerprint density at radius 1 is 1.03 bits per heavy atom. The highest BCUT2D eigenvalue weighted by atomic mass is 79.9. The van der Waals surface area contributed by atoms with Crippen molar-refractivity contribution in [2.45, 2.75) is 13.5 Å². The number of carbonyl (C=O) groups excluding carboxylic acids is 2. The minimum absolute atomic E-state index is 0.0497. The van der Waals surface area contributed by atoms with Crippen molar-refractivity contribution >= 4 is 39.6 Å². The second-order valence-electron chi connectivity index (χ2n) is 6.87. The second kappa shape index (κ2) is 11.7. The van der Waals surface area contributed by atoms with E-state index in [1.807, 2.05) is 30.3 Å². The summed E-state index contributed by atoms with van der Waals surface area (Å²) < 4.78 is 11.7. The molecule has 0 bridgehead atoms. The number of amides is 1. The molecular weight excluding hydrogens is 484 g/mol. The molecule has 0 radical (unpaired) electrons. The van der Waals surface area contributed by atoms with E-state index in [4.69, 9.17) is 9.47 Å². The van der Waals surface area contributed by atoms with Crippen LogP contribution in [-0.4, -0.2) is 18.5 Å². The zero-order valence-corrected chi connectivity index (χ0v) is 19.5. The molecule has 0 unspecified atom stereocenters. The van der Waals surface area contributed by atoms with Gasteiger partial charge in [-0.1, -0.05) is 46.3 Å². The SMILES string of the molecule is CCOC(=O)c1ccc(NC(=O)/C(C#N)=C/c2ccc(OCc3ccccc3Br)cc2)cc1. The number of halogens is 1. The standard InChI is InChI=1S/C26H21BrN2O4/c1-2-32-26(31)19-9-11-22(12-10-19)29-25(30)21(16-28)15-18-7-13-23(14-8-18)33-17-20-5-3-4-6-24(20)27/h3-15H,2,17H2,1H3,(H,29,30)/b21-15+. The Labute approximate surface area is 200 Å². The van der Waals surface area contributed by atoms with Gasteiger partial charge in [-0.2, -0.15) is 5.26 Å². The summed E-state index contributed by atoms with van der Waals surface area (Å²) in [6.45, 7) is 2.43. The molecule has 0 aliphatic rings. The first-order valence-corrected chi connectivity index (χ1v) is 11.0. The predicted molar refractivity (Wildman–Crippen MR) is 130 cm³/mol. The van der Waals surface area contributed by atoms with Crippen molar-refractivity contribution in [3.63, 3.8) is 0 Å². The molecule has 33 heavy (non-hydrogen) atoms. The van der Waals surface area contributed by atoms with Crippen molar-refractivity contribution in [3.05, 3.63) is 99.5 Å². The third-order valence-corrected chi connectivity index (χ3v) is 5.34. The van der Waals surface area contributed by atoms with E-state index in [2.05, 4.69) is 21.2 Å². The van der Waals surface area contributed by atoms with E-state index in [0.717, 1.165) is 10.0 Å². The fraction of sp³-hybridized carbons (Fsp3) is 0.115. The third kappa shape index (κ3) is 6.79. The minimum Gasteiger partial charge on any atom is -0.489 e. The first-order chi connectivity index (χ1) is 16.0. The number of ether oxygens (including phenoxy) is 2. The van der Waals surface area contributed by atoms with Crippen LogP contribution in [0.5, 0.6) is 5.75 Å². The van der Waals surface area contributed by atoms with Gasteiger partial charge in [0.1, 0.15) is 24.0 Å². The van der Waals surface area contributed by atoms with Crippen LogP contribution >= 0.6 is 15.9 Å². The van der Waals surface area contributed by atoms with E-state index >= 15 is 0 Å². The normalized spacial score (nSPS) is 10.8. The average molecular weight is 505 g/mol. The highest BCUT2D eigenvalue weighted by Gasteiger charge is 2.11. The molecule has 7 heteroatoms. The van der Waals surface area contributed by atoms with E-state index in [9.17, 15) is 14.9 Å². The van der Waals surface area contributed by atoms with Crippen molar-refractivity contribution in [1.82, 2.24) is 0 Å². The van der Waals surface area contributed by atoms with Crippen LogP contribution in [0.1, 0.15) is 28.4 Å². The van der Waals surface area contributed by atoms with Crippen LogP contribution in [0.25, 0.3) is 6.08 Å². The number of rotatable bonds is 8. The molecule has 0 aliphatic carbocycles. The molecule has 0 atom stereocenters. The molecule has 3 aromatic carbocycles. The van der Waals surface area contributed by atoms with Crippen LogP contribution in [0.4, 0.5) is 5.69 Å². The van der Waals surface area contributed by atoms with Gasteiger partial charge in [-0.15, -0.1) is 0 Å². The lowest BCUT2D eigenvalue weighted by Crippen LogP contribution is -2.13. The fourth-order valence-corrected chi connectivity index (χ4v) is 3.25. The summed E-state index contributed by atoms with van der Waals surface area (Å²) in [6.07, 6.45) is 1.50. The molecule has 1 amide bonds. The maximum atomic E-state index is 12.5. The first kappa shape index (κ1) is 23.8. The van der Waals surface area contributed by atoms with E-state index in [-0.39, 0.29) is 12.2 Å². The van der Waals surface area contributed by atoms with Gasteiger partial charge >= 0.3 is 5.97 Å². The molecule has 0 fully saturated rings. The summed E-state index contributed by atoms with van der Waals surface area (Å²) in [5, 5.41) is 12.1. The van der Waals surface area contributed by atoms with E-state index in [1.165, 1.54) is 6.08 Å². The molecule has 0 aliphatic heterocycles. The second-order valence-corrected chi connectivity index (χ2v) is 7.73. The Balaban J connectivity index is 1.62. The quantitative estimate of drug-likeness (QED) is 0.239. The summed E-state index contributed by atoms with van der Waals surface area (Å²) in [7, 11) is 0. The molecule has 0 saturated carbocycles. The number of anilines is 1. The Morgan fingerprint density at radius 2 is 1.73 bits per heavy atom. The largest absolute Gasteiger partial charge is 0.489 e. The van der Waals surface area contributed by atoms with Crippen molar-refractivity contribution in [1.29, 1.82) is 5.26 Å². The van der Waals surface area contributed by atoms with Gasteiger partial charge in [-0.25, -0.2) is 4.79 Å². The molecule has 6 nitrogen and oxygen atoms in total. The molecule has 3 aromatic rings. The van der Waals surface area contributed by atoms with Gasteiger partial charge in [0, 0.05) is 15.7 Å². The topological polar surface area (TPSA) is 88.4 Å². The summed E-state index contributed by atoms with van der Waals surface area (Å²) in [4.78, 5) is 24.2. The molecule has 0 aromatic heterocycles. The fourth-order valence-electron chi connectivity index (χ4n) is 2.85. The number of nitrogens with one attached hydrogen (secondary N) is 1. The zero-order chi connectivity index (χ0) is 23.6. The van der Waals surface area contributed by atoms with Gasteiger partial charge in [0.05, 0.1) is 12.2 Å². The van der Waals surface area contributed by atoms with Crippen LogP contribution in [0.2, 0.25) is 0 Å². The van der Waals surface area contributed by atoms with Crippen molar-refractivity contribution < 1.29 is 19.1 Å². The van der Waals surface area contributed by atoms with E-state index in [0.29, 0.717) is 29.2 Å². The number of carbonyl (C=O) groups is 2. The summed E-state index contributed by atoms with van der Waals surface area (Å²) >= 11 is 3.49. The van der Waals surface area contributed by atoms with Crippen LogP contribution in [0.3, 0.4) is 0 Å². The lowest BCUT2D eigenvalue weighted by atomic mass is 10.1. The lowest BCUT2D eigenvalue weighted by molar-refractivity contribution is -0.112. The van der Waals surface area contributed by atoms with Crippen LogP contribution in [0.15, 0.2) is 82.8 Å². The van der Waals surface area contributed by atoms with Gasteiger partial charge in [0.2, 0.25) is 0 Å². The van der Waals surface area contributed by atoms with E-state index in [1.54, 1.807) is 55.5 Å². The summed E-state index contributed by atoms with van der Waals surface area (Å²) in [5.74, 6) is -0.306. The Morgan fingerprint density at radius 3 is 2.36 bits per heavy atom. The molecule has 1 N–H and O–H groups in total. The van der Waals surface area contributed by atoms with Crippen molar-refractivity contribution in [2.24, 2.45) is 0 Å². The highest BCUT2D eigenvalue weighted by molar-refractivity contribution is 9.10. The number of esters is 1. The smallest absolute Gasteiger partial charge is 0.338 e. The van der Waals surface area contributed by atoms with Gasteiger partial charge in [0.25, 0.3) is 5.91 Å². The Kier molecular flexibility index (Phi) is 8.39. The number of hydrogen-bond donors (Lipinski definition) is 1. The van der Waals surface area contributed by atoms with Crippen LogP contribution in [-0.2, 0) is 16.1 Å². The van der Waals surface area contributed by atoms with Gasteiger partial charge in [-0.3, -0.25) is 4.79 Å². The summed E-state index contributed by atoms with van der Waals surface area (Å²) in [5.41, 5.74) is 2.51. The van der Waals surface area contributed by atoms with Gasteiger partial charge < -0.3 is 14.8 Å². The van der Waals surface area contributed by atoms with E-state index < -0.39 is 11.9 Å². The number of nitrogens with zero attached hydrogens (tertiary/aromatic N) is 1. The molecule has 0 heterocycles. The molecule has 0 saturated heterocycles. The monoisotopic (exact) mass is 504 g/mol. The first-order valence-electron chi connectivity index (χ1n) is 10.2. The molecule has 3 rings (SSSR count). The maximum Gasteiger partial charge on any atom is 0.338 e. The predicted octanol–water partition coefficient (Wildman–Crippen LogP) is 5.75. The number of hydrogen-bond acceptors (Lipinski definition) is 5. The summed E-state index contributed by atoms with van der Waals surface area (Å²) in [6, 6.07) is 23.1. The van der Waals surface area contributed by atoms with Gasteiger partial charge in [-0.05, 0) is 61.0 Å². The van der Waals surface area contributed by atoms with Crippen molar-refractivity contribution in [2.75, 3.05) is 11.9 Å². The number of nitriles is 1. The average Bonchev–Trinajstić information content (AvgIpc) is 2.83. The lowest BCUT2D eigenvalue weighted by Gasteiger charge is -2.08. The number of benzene rings is 3. The molecule has 166 valence electrons. The maximum absolute atomic E-state index is 12.5. The Bertz CT molecular complexity index is 1200. The third-order valence-electron chi connectivity index (χ3n) is 4.56. The van der Waals surface area contributed by atoms with Crippen LogP contribution in [0, 0.1) is 11.3 Å². The minimum atomic E-state index is -0.546. The molecule has 0 spiro atoms. The van der Waals surface area contributed by atoms with Crippen molar-refractivity contribution in [3.8, 4) is 11.8 Å². The highest BCUT2D eigenvalue weighted by Crippen LogP contribution is 2.20.